The Hall–Kier alpha value is -3.89. The van der Waals surface area contributed by atoms with E-state index >= 15 is 0 Å². The third-order valence-electron chi connectivity index (χ3n) is 6.38. The van der Waals surface area contributed by atoms with Gasteiger partial charge in [-0.15, -0.1) is 0 Å². The number of hydrogen-bond acceptors (Lipinski definition) is 8. The van der Waals surface area contributed by atoms with Crippen molar-refractivity contribution in [2.24, 2.45) is 5.73 Å². The van der Waals surface area contributed by atoms with Crippen molar-refractivity contribution < 1.29 is 33.7 Å². The third-order valence-corrected chi connectivity index (χ3v) is 6.38. The maximum atomic E-state index is 13.3. The highest BCUT2D eigenvalue weighted by Gasteiger charge is 2.46. The molecule has 0 aromatic heterocycles. The maximum Gasteiger partial charge on any atom is 0.295 e. The number of amides is 2. The Morgan fingerprint density at radius 2 is 1.66 bits per heavy atom. The number of morpholine rings is 1. The Morgan fingerprint density at radius 1 is 1.03 bits per heavy atom. The van der Waals surface area contributed by atoms with Crippen LogP contribution in [0.3, 0.4) is 0 Å². The molecule has 0 radical (unpaired) electrons. The zero-order valence-corrected chi connectivity index (χ0v) is 21.6. The molecule has 2 aliphatic heterocycles. The largest absolute Gasteiger partial charge is 0.507 e. The van der Waals surface area contributed by atoms with Gasteiger partial charge in [0.1, 0.15) is 17.3 Å². The number of carbonyl (C=O) groups excluding carboxylic acids is 3. The highest BCUT2D eigenvalue weighted by atomic mass is 16.5. The molecule has 202 valence electrons. The predicted molar refractivity (Wildman–Crippen MR) is 140 cm³/mol. The molecule has 2 aliphatic rings. The topological polar surface area (TPSA) is 132 Å². The van der Waals surface area contributed by atoms with E-state index in [4.69, 9.17) is 19.9 Å². The molecule has 2 saturated heterocycles. The summed E-state index contributed by atoms with van der Waals surface area (Å²) in [6.45, 7) is 7.13. The second-order valence-corrected chi connectivity index (χ2v) is 9.46. The van der Waals surface area contributed by atoms with E-state index in [1.807, 2.05) is 13.8 Å². The van der Waals surface area contributed by atoms with Crippen LogP contribution in [0.15, 0.2) is 54.1 Å². The lowest BCUT2D eigenvalue weighted by molar-refractivity contribution is -0.140. The van der Waals surface area contributed by atoms with Crippen LogP contribution in [0.4, 0.5) is 0 Å². The number of likely N-dealkylation sites (tertiary alicyclic amines) is 1. The standard InChI is InChI=1S/C28H33N3O7/c1-18(2)38-22-9-5-20(6-10-22)26(33)24-25(19-3-7-21(8-4-19)37-17-23(29)32)31(28(35)27(24)34)12-11-30-13-15-36-16-14-30/h3-10,18,25,33H,11-17H2,1-2H3,(H2,29,32)/b26-24+. The molecule has 2 fully saturated rings. The van der Waals surface area contributed by atoms with E-state index in [-0.39, 0.29) is 24.0 Å². The molecule has 10 nitrogen and oxygen atoms in total. The van der Waals surface area contributed by atoms with Crippen LogP contribution in [-0.4, -0.2) is 84.6 Å². The number of ketones is 1. The summed E-state index contributed by atoms with van der Waals surface area (Å²) in [5.41, 5.74) is 6.19. The zero-order chi connectivity index (χ0) is 27.2. The van der Waals surface area contributed by atoms with E-state index in [9.17, 15) is 19.5 Å². The number of rotatable bonds is 10. The summed E-state index contributed by atoms with van der Waals surface area (Å²) >= 11 is 0. The first-order chi connectivity index (χ1) is 18.2. The van der Waals surface area contributed by atoms with Crippen LogP contribution in [0, 0.1) is 0 Å². The molecule has 4 rings (SSSR count). The highest BCUT2D eigenvalue weighted by Crippen LogP contribution is 2.40. The average molecular weight is 524 g/mol. The Kier molecular flexibility index (Phi) is 8.65. The first-order valence-corrected chi connectivity index (χ1v) is 12.6. The molecular formula is C28H33N3O7. The van der Waals surface area contributed by atoms with E-state index in [1.165, 1.54) is 4.90 Å². The molecule has 0 aliphatic carbocycles. The molecule has 0 bridgehead atoms. The Bertz CT molecular complexity index is 1190. The second-order valence-electron chi connectivity index (χ2n) is 9.46. The van der Waals surface area contributed by atoms with Crippen molar-refractivity contribution in [1.82, 2.24) is 9.80 Å². The Morgan fingerprint density at radius 3 is 2.26 bits per heavy atom. The van der Waals surface area contributed by atoms with Crippen molar-refractivity contribution >= 4 is 23.4 Å². The van der Waals surface area contributed by atoms with Gasteiger partial charge in [0.15, 0.2) is 6.61 Å². The van der Waals surface area contributed by atoms with E-state index in [0.29, 0.717) is 48.9 Å². The van der Waals surface area contributed by atoms with E-state index in [0.717, 1.165) is 13.1 Å². The maximum absolute atomic E-state index is 13.3. The van der Waals surface area contributed by atoms with Gasteiger partial charge in [-0.25, -0.2) is 0 Å². The van der Waals surface area contributed by atoms with Crippen LogP contribution in [0.25, 0.3) is 5.76 Å². The fraction of sp³-hybridized carbons (Fsp3) is 0.393. The van der Waals surface area contributed by atoms with Crippen LogP contribution >= 0.6 is 0 Å². The SMILES string of the molecule is CC(C)Oc1ccc(/C(O)=C2\C(=O)C(=O)N(CCN3CCOCC3)C2c2ccc(OCC(N)=O)cc2)cc1. The molecule has 2 amide bonds. The second kappa shape index (κ2) is 12.1. The summed E-state index contributed by atoms with van der Waals surface area (Å²) in [5.74, 6) is -1.23. The van der Waals surface area contributed by atoms with Crippen LogP contribution in [-0.2, 0) is 19.1 Å². The van der Waals surface area contributed by atoms with Crippen LogP contribution in [0.1, 0.15) is 31.0 Å². The van der Waals surface area contributed by atoms with Crippen molar-refractivity contribution in [3.05, 3.63) is 65.2 Å². The number of carbonyl (C=O) groups is 3. The van der Waals surface area contributed by atoms with Crippen molar-refractivity contribution in [3.8, 4) is 11.5 Å². The van der Waals surface area contributed by atoms with Crippen molar-refractivity contribution in [2.75, 3.05) is 46.0 Å². The minimum absolute atomic E-state index is 0.0128. The molecule has 3 N–H and O–H groups in total. The Labute approximate surface area is 221 Å². The quantitative estimate of drug-likeness (QED) is 0.275. The fourth-order valence-corrected chi connectivity index (χ4v) is 4.55. The minimum Gasteiger partial charge on any atom is -0.507 e. The zero-order valence-electron chi connectivity index (χ0n) is 21.6. The monoisotopic (exact) mass is 523 g/mol. The molecule has 38 heavy (non-hydrogen) atoms. The normalized spacial score (nSPS) is 19.7. The summed E-state index contributed by atoms with van der Waals surface area (Å²) < 4.78 is 16.4. The number of aliphatic hydroxyl groups excluding tert-OH is 1. The van der Waals surface area contributed by atoms with Gasteiger partial charge in [0.2, 0.25) is 0 Å². The number of nitrogens with two attached hydrogens (primary N) is 1. The molecule has 2 aromatic carbocycles. The Balaban J connectivity index is 1.68. The lowest BCUT2D eigenvalue weighted by Crippen LogP contribution is -2.42. The van der Waals surface area contributed by atoms with E-state index in [1.54, 1.807) is 48.5 Å². The summed E-state index contributed by atoms with van der Waals surface area (Å²) in [4.78, 5) is 41.2. The first-order valence-electron chi connectivity index (χ1n) is 12.6. The molecule has 0 spiro atoms. The van der Waals surface area contributed by atoms with Gasteiger partial charge in [0.25, 0.3) is 17.6 Å². The van der Waals surface area contributed by atoms with Gasteiger partial charge in [0, 0.05) is 31.7 Å². The summed E-state index contributed by atoms with van der Waals surface area (Å²) in [5, 5.41) is 11.3. The molecule has 1 atom stereocenters. The smallest absolute Gasteiger partial charge is 0.295 e. The van der Waals surface area contributed by atoms with Gasteiger partial charge in [-0.2, -0.15) is 0 Å². The number of benzene rings is 2. The summed E-state index contributed by atoms with van der Waals surface area (Å²) in [7, 11) is 0. The van der Waals surface area contributed by atoms with Gasteiger partial charge in [-0.05, 0) is 55.8 Å². The molecular weight excluding hydrogens is 490 g/mol. The van der Waals surface area contributed by atoms with Gasteiger partial charge < -0.3 is 30.0 Å². The van der Waals surface area contributed by atoms with E-state index < -0.39 is 23.6 Å². The average Bonchev–Trinajstić information content (AvgIpc) is 3.16. The van der Waals surface area contributed by atoms with Gasteiger partial charge in [-0.1, -0.05) is 12.1 Å². The number of Topliss-reactive ketones (excluding diaryl/α,β-unsaturated/α-hetero) is 1. The van der Waals surface area contributed by atoms with Gasteiger partial charge in [0.05, 0.1) is 30.9 Å². The minimum atomic E-state index is -0.798. The van der Waals surface area contributed by atoms with Crippen molar-refractivity contribution in [1.29, 1.82) is 0 Å². The molecule has 0 saturated carbocycles. The summed E-state index contributed by atoms with van der Waals surface area (Å²) in [6.07, 6.45) is -0.0128. The summed E-state index contributed by atoms with van der Waals surface area (Å²) in [6, 6.07) is 12.6. The number of primary amides is 1. The molecule has 2 heterocycles. The third kappa shape index (κ3) is 6.32. The lowest BCUT2D eigenvalue weighted by atomic mass is 9.95. The van der Waals surface area contributed by atoms with Gasteiger partial charge in [-0.3, -0.25) is 19.3 Å². The molecule has 10 heteroatoms. The molecule has 1 unspecified atom stereocenters. The van der Waals surface area contributed by atoms with Crippen molar-refractivity contribution in [2.45, 2.75) is 26.0 Å². The van der Waals surface area contributed by atoms with Crippen LogP contribution in [0.5, 0.6) is 11.5 Å². The van der Waals surface area contributed by atoms with Crippen molar-refractivity contribution in [3.63, 3.8) is 0 Å². The number of hydrogen-bond donors (Lipinski definition) is 2. The van der Waals surface area contributed by atoms with Crippen LogP contribution in [0.2, 0.25) is 0 Å². The predicted octanol–water partition coefficient (Wildman–Crippen LogP) is 2.09. The number of nitrogens with zero attached hydrogens (tertiary/aromatic N) is 2. The lowest BCUT2D eigenvalue weighted by Gasteiger charge is -2.31. The van der Waals surface area contributed by atoms with Gasteiger partial charge >= 0.3 is 0 Å². The van der Waals surface area contributed by atoms with Crippen LogP contribution < -0.4 is 15.2 Å². The number of ether oxygens (including phenoxy) is 3. The van der Waals surface area contributed by atoms with E-state index in [2.05, 4.69) is 4.90 Å². The number of aliphatic hydroxyl groups is 1. The fourth-order valence-electron chi connectivity index (χ4n) is 4.55. The first kappa shape index (κ1) is 27.2. The highest BCUT2D eigenvalue weighted by molar-refractivity contribution is 6.46. The molecule has 2 aromatic rings.